The summed E-state index contributed by atoms with van der Waals surface area (Å²) in [5.74, 6) is 0.0185. The maximum Gasteiger partial charge on any atom is 0.187 e. The Hall–Kier alpha value is -0.258. The van der Waals surface area contributed by atoms with Gasteiger partial charge in [-0.2, -0.15) is 0 Å². The van der Waals surface area contributed by atoms with E-state index in [9.17, 15) is 0 Å². The smallest absolute Gasteiger partial charge is 0.187 e. The Balaban J connectivity index is 0. The summed E-state index contributed by atoms with van der Waals surface area (Å²) in [6, 6.07) is 0. The van der Waals surface area contributed by atoms with Gasteiger partial charge in [-0.1, -0.05) is 6.58 Å². The first-order valence-electron chi connectivity index (χ1n) is 1.24. The number of hydrogen-bond donors (Lipinski definition) is 2. The molecular formula is C3H9AlN2. The number of hydrogen-bond acceptors (Lipinski definition) is 1. The Kier molecular flexibility index (Phi) is 7.29. The fourth-order valence-corrected chi connectivity index (χ4v) is 0. The van der Waals surface area contributed by atoms with Crippen molar-refractivity contribution < 1.29 is 0 Å². The van der Waals surface area contributed by atoms with Gasteiger partial charge in [0.15, 0.2) is 17.4 Å². The van der Waals surface area contributed by atoms with Gasteiger partial charge in [0.25, 0.3) is 0 Å². The van der Waals surface area contributed by atoms with E-state index in [-0.39, 0.29) is 23.2 Å². The molecular weight excluding hydrogens is 91.0 g/mol. The summed E-state index contributed by atoms with van der Waals surface area (Å²) in [6.45, 7) is 3.21. The van der Waals surface area contributed by atoms with Crippen LogP contribution in [0.15, 0.2) is 12.7 Å². The van der Waals surface area contributed by atoms with Crippen LogP contribution in [0.4, 0.5) is 0 Å². The van der Waals surface area contributed by atoms with Crippen molar-refractivity contribution in [3.05, 3.63) is 12.7 Å². The zero-order chi connectivity index (χ0) is 4.28. The molecule has 0 aromatic heterocycles. The summed E-state index contributed by atoms with van der Waals surface area (Å²) in [4.78, 5) is 0. The van der Waals surface area contributed by atoms with Crippen molar-refractivity contribution >= 4 is 23.2 Å². The maximum absolute atomic E-state index is 6.40. The highest BCUT2D eigenvalue weighted by Gasteiger charge is 1.62. The third kappa shape index (κ3) is 9.27. The standard InChI is InChI=1S/C3H6N2.Al.3H/c1-2-3(4)5;;;;/h2H,1H2,(H3,4,5);;;;. The van der Waals surface area contributed by atoms with E-state index in [1.165, 1.54) is 6.08 Å². The SMILES string of the molecule is C=CC(=N)N.[AlH3]. The number of nitrogens with two attached hydrogens (primary N) is 1. The molecule has 0 aliphatic carbocycles. The van der Waals surface area contributed by atoms with E-state index in [0.717, 1.165) is 0 Å². The Morgan fingerprint density at radius 3 is 2.00 bits per heavy atom. The number of amidine groups is 1. The monoisotopic (exact) mass is 100 g/mol. The summed E-state index contributed by atoms with van der Waals surface area (Å²) in [7, 11) is 0. The summed E-state index contributed by atoms with van der Waals surface area (Å²) in [5.41, 5.74) is 4.76. The fraction of sp³-hybridized carbons (Fsp3) is 0. The quantitative estimate of drug-likeness (QED) is 0.246. The van der Waals surface area contributed by atoms with E-state index < -0.39 is 0 Å². The van der Waals surface area contributed by atoms with Crippen molar-refractivity contribution in [1.29, 1.82) is 5.41 Å². The Labute approximate surface area is 47.7 Å². The lowest BCUT2D eigenvalue weighted by Gasteiger charge is -1.71. The fourth-order valence-electron chi connectivity index (χ4n) is 0. The molecule has 0 heterocycles. The van der Waals surface area contributed by atoms with E-state index in [1.807, 2.05) is 0 Å². The summed E-state index contributed by atoms with van der Waals surface area (Å²) >= 11 is 0. The van der Waals surface area contributed by atoms with Gasteiger partial charge in [0.05, 0.1) is 0 Å². The minimum Gasteiger partial charge on any atom is -0.384 e. The lowest BCUT2D eigenvalue weighted by molar-refractivity contribution is 1.47. The highest BCUT2D eigenvalue weighted by Crippen LogP contribution is 1.50. The summed E-state index contributed by atoms with van der Waals surface area (Å²) in [6.07, 6.45) is 1.28. The molecule has 0 aromatic carbocycles. The molecule has 0 spiro atoms. The molecule has 3 heteroatoms. The van der Waals surface area contributed by atoms with E-state index in [0.29, 0.717) is 0 Å². The normalized spacial score (nSPS) is 5.33. The largest absolute Gasteiger partial charge is 0.384 e. The number of rotatable bonds is 1. The van der Waals surface area contributed by atoms with E-state index in [2.05, 4.69) is 6.58 Å². The van der Waals surface area contributed by atoms with Crippen LogP contribution in [0.3, 0.4) is 0 Å². The molecule has 0 saturated carbocycles. The molecule has 2 nitrogen and oxygen atoms in total. The highest BCUT2D eigenvalue weighted by molar-refractivity contribution is 5.87. The number of nitrogens with one attached hydrogen (secondary N) is 1. The zero-order valence-electron chi connectivity index (χ0n) is 2.86. The van der Waals surface area contributed by atoms with Crippen LogP contribution in [0.2, 0.25) is 0 Å². The van der Waals surface area contributed by atoms with Gasteiger partial charge < -0.3 is 5.73 Å². The van der Waals surface area contributed by atoms with Gasteiger partial charge in [0.1, 0.15) is 5.84 Å². The van der Waals surface area contributed by atoms with Gasteiger partial charge in [0.2, 0.25) is 0 Å². The van der Waals surface area contributed by atoms with Gasteiger partial charge in [-0.25, -0.2) is 0 Å². The molecule has 0 rings (SSSR count). The first-order valence-corrected chi connectivity index (χ1v) is 1.24. The predicted octanol–water partition coefficient (Wildman–Crippen LogP) is -1.08. The van der Waals surface area contributed by atoms with Crippen LogP contribution in [-0.2, 0) is 0 Å². The molecule has 0 saturated heterocycles. The molecule has 0 radical (unpaired) electrons. The lowest BCUT2D eigenvalue weighted by Crippen LogP contribution is -2.02. The predicted molar refractivity (Wildman–Crippen MR) is 32.1 cm³/mol. The van der Waals surface area contributed by atoms with Gasteiger partial charge >= 0.3 is 0 Å². The Morgan fingerprint density at radius 2 is 2.00 bits per heavy atom. The molecule has 3 N–H and O–H groups in total. The third-order valence-corrected chi connectivity index (χ3v) is 0.220. The summed E-state index contributed by atoms with van der Waals surface area (Å²) < 4.78 is 0. The average molecular weight is 100 g/mol. The molecule has 0 atom stereocenters. The summed E-state index contributed by atoms with van der Waals surface area (Å²) in [5, 5.41) is 6.40. The van der Waals surface area contributed by atoms with Crippen molar-refractivity contribution in [3.63, 3.8) is 0 Å². The van der Waals surface area contributed by atoms with Crippen molar-refractivity contribution in [2.24, 2.45) is 5.73 Å². The lowest BCUT2D eigenvalue weighted by atomic mass is 10.6. The second kappa shape index (κ2) is 4.74. The molecule has 0 aliphatic rings. The molecule has 6 heavy (non-hydrogen) atoms. The van der Waals surface area contributed by atoms with Crippen molar-refractivity contribution in [1.82, 2.24) is 0 Å². The minimum atomic E-state index is 0. The van der Waals surface area contributed by atoms with Crippen LogP contribution in [0, 0.1) is 5.41 Å². The maximum atomic E-state index is 6.40. The molecule has 0 fully saturated rings. The average Bonchev–Trinajstić information content (AvgIpc) is 1.38. The van der Waals surface area contributed by atoms with Crippen LogP contribution in [0.25, 0.3) is 0 Å². The van der Waals surface area contributed by atoms with Crippen molar-refractivity contribution in [2.75, 3.05) is 0 Å². The second-order valence-corrected chi connectivity index (χ2v) is 0.659. The second-order valence-electron chi connectivity index (χ2n) is 0.659. The molecule has 0 bridgehead atoms. The zero-order valence-corrected chi connectivity index (χ0v) is 2.86. The van der Waals surface area contributed by atoms with Gasteiger partial charge in [-0.3, -0.25) is 5.41 Å². The van der Waals surface area contributed by atoms with Gasteiger partial charge in [-0.05, 0) is 6.08 Å². The minimum absolute atomic E-state index is 0. The van der Waals surface area contributed by atoms with Crippen LogP contribution in [-0.4, -0.2) is 23.2 Å². The van der Waals surface area contributed by atoms with Crippen LogP contribution >= 0.6 is 0 Å². The van der Waals surface area contributed by atoms with Crippen molar-refractivity contribution in [2.45, 2.75) is 0 Å². The topological polar surface area (TPSA) is 49.9 Å². The van der Waals surface area contributed by atoms with Crippen molar-refractivity contribution in [3.8, 4) is 0 Å². The van der Waals surface area contributed by atoms with Crippen LogP contribution in [0.1, 0.15) is 0 Å². The molecule has 0 aromatic rings. The van der Waals surface area contributed by atoms with Crippen LogP contribution in [0.5, 0.6) is 0 Å². The molecule has 34 valence electrons. The van der Waals surface area contributed by atoms with Crippen LogP contribution < -0.4 is 5.73 Å². The van der Waals surface area contributed by atoms with E-state index in [1.54, 1.807) is 0 Å². The Bertz CT molecular complexity index is 59.8. The van der Waals surface area contributed by atoms with E-state index in [4.69, 9.17) is 11.1 Å². The highest BCUT2D eigenvalue weighted by atomic mass is 27.0. The van der Waals surface area contributed by atoms with Gasteiger partial charge in [0, 0.05) is 0 Å². The van der Waals surface area contributed by atoms with Gasteiger partial charge in [-0.15, -0.1) is 0 Å². The molecule has 0 amide bonds. The molecule has 0 unspecified atom stereocenters. The first kappa shape index (κ1) is 9.22. The first-order chi connectivity index (χ1) is 2.27. The Morgan fingerprint density at radius 1 is 1.83 bits per heavy atom. The molecule has 0 aliphatic heterocycles. The van der Waals surface area contributed by atoms with E-state index >= 15 is 0 Å². The third-order valence-electron chi connectivity index (χ3n) is 0.220.